The van der Waals surface area contributed by atoms with Crippen molar-refractivity contribution in [2.45, 2.75) is 25.0 Å². The van der Waals surface area contributed by atoms with Crippen molar-refractivity contribution >= 4 is 27.0 Å². The maximum absolute atomic E-state index is 12.6. The number of rotatable bonds is 3. The Morgan fingerprint density at radius 2 is 1.90 bits per heavy atom. The maximum atomic E-state index is 12.6. The number of sulfonamides is 1. The minimum absolute atomic E-state index is 0.158. The molecule has 114 valence electrons. The predicted molar refractivity (Wildman–Crippen MR) is 73.8 cm³/mol. The van der Waals surface area contributed by atoms with Crippen LogP contribution in [0.1, 0.15) is 15.4 Å². The zero-order valence-electron chi connectivity index (χ0n) is 11.0. The Kier molecular flexibility index (Phi) is 3.98. The van der Waals surface area contributed by atoms with E-state index in [2.05, 4.69) is 9.71 Å². The number of nitrogens with zero attached hydrogens (tertiary/aromatic N) is 1. The minimum atomic E-state index is -4.53. The Bertz CT molecular complexity index is 767. The van der Waals surface area contributed by atoms with Gasteiger partial charge in [-0.1, -0.05) is 6.07 Å². The number of anilines is 1. The molecule has 2 rings (SSSR count). The molecule has 0 atom stereocenters. The van der Waals surface area contributed by atoms with Gasteiger partial charge in [-0.25, -0.2) is 4.98 Å². The molecule has 4 nitrogen and oxygen atoms in total. The van der Waals surface area contributed by atoms with Gasteiger partial charge in [0.25, 0.3) is 10.0 Å². The van der Waals surface area contributed by atoms with Gasteiger partial charge in [0, 0.05) is 10.6 Å². The summed E-state index contributed by atoms with van der Waals surface area (Å²) in [7, 11) is -4.00. The third-order valence-corrected chi connectivity index (χ3v) is 4.98. The fraction of sp³-hybridized carbons (Fsp3) is 0.250. The molecule has 0 unspecified atom stereocenters. The highest BCUT2D eigenvalue weighted by Crippen LogP contribution is 2.31. The van der Waals surface area contributed by atoms with Crippen LogP contribution < -0.4 is 4.72 Å². The summed E-state index contributed by atoms with van der Waals surface area (Å²) in [6.07, 6.45) is -4.53. The fourth-order valence-corrected chi connectivity index (χ4v) is 4.12. The number of thiazole rings is 1. The SMILES string of the molecule is Cc1nc(S(=O)(=O)Nc2cccc(C(F)(F)F)c2)c(C)s1. The highest BCUT2D eigenvalue weighted by atomic mass is 32.2. The first kappa shape index (κ1) is 15.8. The van der Waals surface area contributed by atoms with E-state index in [-0.39, 0.29) is 10.7 Å². The smallest absolute Gasteiger partial charge is 0.278 e. The lowest BCUT2D eigenvalue weighted by Crippen LogP contribution is -2.15. The van der Waals surface area contributed by atoms with Crippen LogP contribution in [0.5, 0.6) is 0 Å². The van der Waals surface area contributed by atoms with Gasteiger partial charge in [0.15, 0.2) is 5.03 Å². The molecule has 1 aromatic heterocycles. The Balaban J connectivity index is 2.36. The number of halogens is 3. The largest absolute Gasteiger partial charge is 0.416 e. The highest BCUT2D eigenvalue weighted by molar-refractivity contribution is 7.92. The van der Waals surface area contributed by atoms with E-state index in [1.165, 1.54) is 17.4 Å². The lowest BCUT2D eigenvalue weighted by Gasteiger charge is -2.10. The molecular weight excluding hydrogens is 325 g/mol. The second-order valence-corrected chi connectivity index (χ2v) is 7.28. The molecule has 0 aliphatic carbocycles. The van der Waals surface area contributed by atoms with Gasteiger partial charge in [0.1, 0.15) is 0 Å². The van der Waals surface area contributed by atoms with Crippen LogP contribution in [0.2, 0.25) is 0 Å². The predicted octanol–water partition coefficient (Wildman–Crippen LogP) is 3.58. The van der Waals surface area contributed by atoms with Gasteiger partial charge >= 0.3 is 6.18 Å². The molecule has 1 heterocycles. The molecule has 0 aliphatic rings. The number of hydrogen-bond donors (Lipinski definition) is 1. The summed E-state index contributed by atoms with van der Waals surface area (Å²) in [5.41, 5.74) is -1.08. The molecule has 0 saturated heterocycles. The number of benzene rings is 1. The summed E-state index contributed by atoms with van der Waals surface area (Å²) in [4.78, 5) is 4.37. The second kappa shape index (κ2) is 5.30. The molecule has 21 heavy (non-hydrogen) atoms. The van der Waals surface area contributed by atoms with Crippen LogP contribution in [0.4, 0.5) is 18.9 Å². The van der Waals surface area contributed by atoms with Gasteiger partial charge in [-0.15, -0.1) is 11.3 Å². The lowest BCUT2D eigenvalue weighted by atomic mass is 10.2. The van der Waals surface area contributed by atoms with E-state index in [1.807, 2.05) is 0 Å². The maximum Gasteiger partial charge on any atom is 0.416 e. The summed E-state index contributed by atoms with van der Waals surface area (Å²) >= 11 is 1.20. The van der Waals surface area contributed by atoms with Gasteiger partial charge in [-0.2, -0.15) is 21.6 Å². The molecule has 0 saturated carbocycles. The van der Waals surface area contributed by atoms with Crippen LogP contribution in [0, 0.1) is 13.8 Å². The normalized spacial score (nSPS) is 12.4. The number of hydrogen-bond acceptors (Lipinski definition) is 4. The summed E-state index contributed by atoms with van der Waals surface area (Å²) in [6.45, 7) is 3.24. The first-order valence-electron chi connectivity index (χ1n) is 5.74. The lowest BCUT2D eigenvalue weighted by molar-refractivity contribution is -0.137. The Hall–Kier alpha value is -1.61. The van der Waals surface area contributed by atoms with Crippen LogP contribution in [0.25, 0.3) is 0 Å². The van der Waals surface area contributed by atoms with E-state index in [0.29, 0.717) is 9.88 Å². The monoisotopic (exact) mass is 336 g/mol. The van der Waals surface area contributed by atoms with E-state index in [1.54, 1.807) is 13.8 Å². The molecule has 0 fully saturated rings. The van der Waals surface area contributed by atoms with E-state index in [4.69, 9.17) is 0 Å². The molecule has 0 amide bonds. The van der Waals surface area contributed by atoms with Gasteiger partial charge in [-0.3, -0.25) is 4.72 Å². The van der Waals surface area contributed by atoms with Crippen LogP contribution in [0.3, 0.4) is 0 Å². The van der Waals surface area contributed by atoms with Gasteiger partial charge < -0.3 is 0 Å². The molecule has 0 spiro atoms. The van der Waals surface area contributed by atoms with Crippen LogP contribution in [-0.2, 0) is 16.2 Å². The molecular formula is C12H11F3N2O2S2. The quantitative estimate of drug-likeness (QED) is 0.932. The molecule has 0 radical (unpaired) electrons. The standard InChI is InChI=1S/C12H11F3N2O2S2/c1-7-11(16-8(2)20-7)21(18,19)17-10-5-3-4-9(6-10)12(13,14)15/h3-6,17H,1-2H3. The summed E-state index contributed by atoms with van der Waals surface area (Å²) in [5, 5.41) is 0.402. The van der Waals surface area contributed by atoms with Crippen molar-refractivity contribution in [3.05, 3.63) is 39.7 Å². The number of alkyl halides is 3. The molecule has 9 heteroatoms. The van der Waals surface area contributed by atoms with Gasteiger partial charge in [0.2, 0.25) is 0 Å². The zero-order chi connectivity index (χ0) is 15.8. The Morgan fingerprint density at radius 1 is 1.24 bits per heavy atom. The van der Waals surface area contributed by atoms with Crippen molar-refractivity contribution in [3.8, 4) is 0 Å². The summed E-state index contributed by atoms with van der Waals surface area (Å²) < 4.78 is 64.2. The van der Waals surface area contributed by atoms with Crippen molar-refractivity contribution < 1.29 is 21.6 Å². The third-order valence-electron chi connectivity index (χ3n) is 2.56. The topological polar surface area (TPSA) is 59.1 Å². The van der Waals surface area contributed by atoms with Crippen LogP contribution >= 0.6 is 11.3 Å². The Morgan fingerprint density at radius 3 is 2.43 bits per heavy atom. The molecule has 2 aromatic rings. The summed E-state index contributed by atoms with van der Waals surface area (Å²) in [6, 6.07) is 4.00. The van der Waals surface area contributed by atoms with Gasteiger partial charge in [0.05, 0.1) is 10.6 Å². The first-order valence-corrected chi connectivity index (χ1v) is 8.04. The van der Waals surface area contributed by atoms with Crippen molar-refractivity contribution in [3.63, 3.8) is 0 Å². The first-order chi connectivity index (χ1) is 9.59. The van der Waals surface area contributed by atoms with Crippen LogP contribution in [0.15, 0.2) is 29.3 Å². The minimum Gasteiger partial charge on any atom is -0.278 e. The Labute approximate surface area is 123 Å². The average Bonchev–Trinajstić information content (AvgIpc) is 2.68. The number of aromatic nitrogens is 1. The van der Waals surface area contributed by atoms with Crippen LogP contribution in [-0.4, -0.2) is 13.4 Å². The van der Waals surface area contributed by atoms with E-state index >= 15 is 0 Å². The average molecular weight is 336 g/mol. The third kappa shape index (κ3) is 3.53. The molecule has 1 N–H and O–H groups in total. The zero-order valence-corrected chi connectivity index (χ0v) is 12.7. The number of aryl methyl sites for hydroxylation is 2. The number of nitrogens with one attached hydrogen (secondary N) is 1. The molecule has 0 bridgehead atoms. The summed E-state index contributed by atoms with van der Waals surface area (Å²) in [5.74, 6) is 0. The molecule has 0 aliphatic heterocycles. The highest BCUT2D eigenvalue weighted by Gasteiger charge is 2.31. The molecule has 1 aromatic carbocycles. The van der Waals surface area contributed by atoms with Crippen molar-refractivity contribution in [2.75, 3.05) is 4.72 Å². The van der Waals surface area contributed by atoms with Crippen molar-refractivity contribution in [2.24, 2.45) is 0 Å². The fourth-order valence-electron chi connectivity index (χ4n) is 1.72. The van der Waals surface area contributed by atoms with Crippen molar-refractivity contribution in [1.29, 1.82) is 0 Å². The van der Waals surface area contributed by atoms with E-state index < -0.39 is 21.8 Å². The van der Waals surface area contributed by atoms with Crippen molar-refractivity contribution in [1.82, 2.24) is 4.98 Å². The van der Waals surface area contributed by atoms with E-state index in [0.717, 1.165) is 18.2 Å². The van der Waals surface area contributed by atoms with Gasteiger partial charge in [-0.05, 0) is 32.0 Å². The van der Waals surface area contributed by atoms with E-state index in [9.17, 15) is 21.6 Å². The second-order valence-electron chi connectivity index (χ2n) is 4.28.